The lowest BCUT2D eigenvalue weighted by atomic mass is 10.2. The third kappa shape index (κ3) is 1.95. The number of anilines is 1. The number of benzene rings is 1. The summed E-state index contributed by atoms with van der Waals surface area (Å²) in [7, 11) is 0. The minimum absolute atomic E-state index is 0.521. The summed E-state index contributed by atoms with van der Waals surface area (Å²) >= 11 is 6.14. The Morgan fingerprint density at radius 3 is 2.50 bits per heavy atom. The van der Waals surface area contributed by atoms with Gasteiger partial charge in [-0.2, -0.15) is 0 Å². The standard InChI is InChI=1S/C12H14ClN3/c1-3-16(4-2)12-14-10-8-6-5-7-9(10)11(13)15-12/h5-8H,3-4H2,1-2H3. The monoisotopic (exact) mass is 235 g/mol. The molecule has 2 aromatic rings. The van der Waals surface area contributed by atoms with Gasteiger partial charge in [0.1, 0.15) is 5.15 Å². The molecule has 2 rings (SSSR count). The molecule has 0 aliphatic carbocycles. The fraction of sp³-hybridized carbons (Fsp3) is 0.333. The van der Waals surface area contributed by atoms with Crippen LogP contribution in [0.2, 0.25) is 5.15 Å². The van der Waals surface area contributed by atoms with Crippen LogP contribution in [0.3, 0.4) is 0 Å². The van der Waals surface area contributed by atoms with Crippen molar-refractivity contribution in [3.63, 3.8) is 0 Å². The first-order valence-corrected chi connectivity index (χ1v) is 5.81. The van der Waals surface area contributed by atoms with E-state index < -0.39 is 0 Å². The predicted octanol–water partition coefficient (Wildman–Crippen LogP) is 3.13. The number of nitrogens with zero attached hydrogens (tertiary/aromatic N) is 3. The van der Waals surface area contributed by atoms with Crippen molar-refractivity contribution in [2.75, 3.05) is 18.0 Å². The molecule has 0 unspecified atom stereocenters. The van der Waals surface area contributed by atoms with Crippen molar-refractivity contribution in [1.29, 1.82) is 0 Å². The number of halogens is 1. The molecule has 0 atom stereocenters. The number of para-hydroxylation sites is 1. The van der Waals surface area contributed by atoms with E-state index in [4.69, 9.17) is 11.6 Å². The smallest absolute Gasteiger partial charge is 0.227 e. The van der Waals surface area contributed by atoms with E-state index in [1.165, 1.54) is 0 Å². The van der Waals surface area contributed by atoms with Crippen molar-refractivity contribution in [1.82, 2.24) is 9.97 Å². The van der Waals surface area contributed by atoms with Crippen molar-refractivity contribution in [3.8, 4) is 0 Å². The molecular formula is C12H14ClN3. The Morgan fingerprint density at radius 2 is 1.81 bits per heavy atom. The summed E-state index contributed by atoms with van der Waals surface area (Å²) in [4.78, 5) is 10.9. The molecule has 0 spiro atoms. The summed E-state index contributed by atoms with van der Waals surface area (Å²) < 4.78 is 0. The van der Waals surface area contributed by atoms with Gasteiger partial charge in [0.05, 0.1) is 5.52 Å². The highest BCUT2D eigenvalue weighted by atomic mass is 35.5. The summed E-state index contributed by atoms with van der Waals surface area (Å²) in [6.45, 7) is 5.92. The van der Waals surface area contributed by atoms with Crippen LogP contribution < -0.4 is 4.90 Å². The highest BCUT2D eigenvalue weighted by molar-refractivity contribution is 6.34. The Hall–Kier alpha value is -1.35. The molecule has 1 heterocycles. The predicted molar refractivity (Wildman–Crippen MR) is 68.1 cm³/mol. The minimum atomic E-state index is 0.521. The quantitative estimate of drug-likeness (QED) is 0.766. The normalized spacial score (nSPS) is 10.7. The first-order valence-electron chi connectivity index (χ1n) is 5.43. The molecule has 16 heavy (non-hydrogen) atoms. The van der Waals surface area contributed by atoms with Gasteiger partial charge < -0.3 is 4.90 Å². The van der Waals surface area contributed by atoms with Crippen molar-refractivity contribution < 1.29 is 0 Å². The highest BCUT2D eigenvalue weighted by Crippen LogP contribution is 2.22. The Kier molecular flexibility index (Phi) is 3.25. The van der Waals surface area contributed by atoms with Crippen LogP contribution in [0.15, 0.2) is 24.3 Å². The van der Waals surface area contributed by atoms with Gasteiger partial charge in [0.25, 0.3) is 0 Å². The Bertz CT molecular complexity index is 495. The second-order valence-electron chi connectivity index (χ2n) is 3.50. The third-order valence-corrected chi connectivity index (χ3v) is 2.88. The molecule has 0 aliphatic rings. The number of rotatable bonds is 3. The van der Waals surface area contributed by atoms with E-state index in [9.17, 15) is 0 Å². The van der Waals surface area contributed by atoms with Crippen molar-refractivity contribution in [3.05, 3.63) is 29.4 Å². The highest BCUT2D eigenvalue weighted by Gasteiger charge is 2.09. The molecule has 0 bridgehead atoms. The van der Waals surface area contributed by atoms with Crippen LogP contribution in [0.25, 0.3) is 10.9 Å². The van der Waals surface area contributed by atoms with E-state index in [0.717, 1.165) is 24.0 Å². The zero-order valence-electron chi connectivity index (χ0n) is 9.44. The van der Waals surface area contributed by atoms with Crippen molar-refractivity contribution in [2.24, 2.45) is 0 Å². The van der Waals surface area contributed by atoms with Gasteiger partial charge in [0, 0.05) is 18.5 Å². The van der Waals surface area contributed by atoms with Gasteiger partial charge in [-0.05, 0) is 26.0 Å². The Labute approximate surface area is 100 Å². The number of fused-ring (bicyclic) bond motifs is 1. The summed E-state index contributed by atoms with van der Waals surface area (Å²) in [6, 6.07) is 7.78. The van der Waals surface area contributed by atoms with Gasteiger partial charge in [-0.15, -0.1) is 0 Å². The van der Waals surface area contributed by atoms with Crippen LogP contribution in [-0.2, 0) is 0 Å². The average molecular weight is 236 g/mol. The SMILES string of the molecule is CCN(CC)c1nc(Cl)c2ccccc2n1. The van der Waals surface area contributed by atoms with Gasteiger partial charge >= 0.3 is 0 Å². The summed E-state index contributed by atoms with van der Waals surface area (Å²) in [6.07, 6.45) is 0. The zero-order valence-corrected chi connectivity index (χ0v) is 10.2. The maximum absolute atomic E-state index is 6.14. The molecule has 0 radical (unpaired) electrons. The third-order valence-electron chi connectivity index (χ3n) is 2.59. The minimum Gasteiger partial charge on any atom is -0.341 e. The van der Waals surface area contributed by atoms with E-state index in [1.807, 2.05) is 24.3 Å². The molecule has 4 heteroatoms. The molecule has 0 amide bonds. The molecule has 0 fully saturated rings. The maximum atomic E-state index is 6.14. The molecule has 0 saturated carbocycles. The fourth-order valence-electron chi connectivity index (χ4n) is 1.67. The lowest BCUT2D eigenvalue weighted by Gasteiger charge is -2.18. The first kappa shape index (κ1) is 11.1. The molecule has 3 nitrogen and oxygen atoms in total. The number of hydrogen-bond acceptors (Lipinski definition) is 3. The fourth-order valence-corrected chi connectivity index (χ4v) is 1.91. The largest absolute Gasteiger partial charge is 0.341 e. The topological polar surface area (TPSA) is 29.0 Å². The molecule has 0 saturated heterocycles. The van der Waals surface area contributed by atoms with Crippen LogP contribution in [0.1, 0.15) is 13.8 Å². The van der Waals surface area contributed by atoms with Gasteiger partial charge in [0.15, 0.2) is 0 Å². The van der Waals surface area contributed by atoms with E-state index in [-0.39, 0.29) is 0 Å². The van der Waals surface area contributed by atoms with Gasteiger partial charge in [0.2, 0.25) is 5.95 Å². The molecule has 0 aliphatic heterocycles. The molecular weight excluding hydrogens is 222 g/mol. The van der Waals surface area contributed by atoms with Crippen LogP contribution in [0.4, 0.5) is 5.95 Å². The van der Waals surface area contributed by atoms with Crippen molar-refractivity contribution in [2.45, 2.75) is 13.8 Å². The lowest BCUT2D eigenvalue weighted by molar-refractivity contribution is 0.826. The number of aromatic nitrogens is 2. The van der Waals surface area contributed by atoms with Crippen molar-refractivity contribution >= 4 is 28.5 Å². The molecule has 0 N–H and O–H groups in total. The summed E-state index contributed by atoms with van der Waals surface area (Å²) in [5.41, 5.74) is 0.893. The molecule has 1 aromatic carbocycles. The van der Waals surface area contributed by atoms with E-state index >= 15 is 0 Å². The second-order valence-corrected chi connectivity index (χ2v) is 3.86. The first-order chi connectivity index (χ1) is 7.76. The Morgan fingerprint density at radius 1 is 1.12 bits per heavy atom. The van der Waals surface area contributed by atoms with Crippen LogP contribution in [0.5, 0.6) is 0 Å². The average Bonchev–Trinajstić information content (AvgIpc) is 2.31. The number of hydrogen-bond donors (Lipinski definition) is 0. The molecule has 1 aromatic heterocycles. The summed E-state index contributed by atoms with van der Waals surface area (Å²) in [5, 5.41) is 1.42. The van der Waals surface area contributed by atoms with Crippen LogP contribution in [-0.4, -0.2) is 23.1 Å². The van der Waals surface area contributed by atoms with Gasteiger partial charge in [-0.1, -0.05) is 23.7 Å². The summed E-state index contributed by atoms with van der Waals surface area (Å²) in [5.74, 6) is 0.703. The van der Waals surface area contributed by atoms with E-state index in [1.54, 1.807) is 0 Å². The van der Waals surface area contributed by atoms with Crippen LogP contribution in [0, 0.1) is 0 Å². The van der Waals surface area contributed by atoms with Crippen LogP contribution >= 0.6 is 11.6 Å². The Balaban J connectivity index is 2.57. The zero-order chi connectivity index (χ0) is 11.5. The lowest BCUT2D eigenvalue weighted by Crippen LogP contribution is -2.24. The maximum Gasteiger partial charge on any atom is 0.227 e. The van der Waals surface area contributed by atoms with E-state index in [0.29, 0.717) is 11.1 Å². The molecule has 84 valence electrons. The van der Waals surface area contributed by atoms with E-state index in [2.05, 4.69) is 28.7 Å². The van der Waals surface area contributed by atoms with Gasteiger partial charge in [-0.3, -0.25) is 0 Å². The van der Waals surface area contributed by atoms with Gasteiger partial charge in [-0.25, -0.2) is 9.97 Å². The second kappa shape index (κ2) is 4.66.